The fraction of sp³-hybridized carbons (Fsp3) is 0.167. The second kappa shape index (κ2) is 7.32. The molecular weight excluding hydrogens is 399 g/mol. The number of hydrogen-bond acceptors (Lipinski definition) is 5. The normalized spacial score (nSPS) is 12.1. The summed E-state index contributed by atoms with van der Waals surface area (Å²) in [7, 11) is -3.39. The summed E-state index contributed by atoms with van der Waals surface area (Å²) < 4.78 is 68.3. The Morgan fingerprint density at radius 3 is 2.33 bits per heavy atom. The van der Waals surface area contributed by atoms with Crippen LogP contribution in [0.5, 0.6) is 5.75 Å². The lowest BCUT2D eigenvalue weighted by Crippen LogP contribution is -2.06. The second-order valence-electron chi connectivity index (χ2n) is 5.75. The lowest BCUT2D eigenvalue weighted by molar-refractivity contribution is -0.137. The van der Waals surface area contributed by atoms with Crippen LogP contribution in [-0.2, 0) is 22.6 Å². The van der Waals surface area contributed by atoms with Gasteiger partial charge in [-0.15, -0.1) is 11.3 Å². The highest BCUT2D eigenvalue weighted by Crippen LogP contribution is 2.36. The monoisotopic (exact) mass is 413 g/mol. The van der Waals surface area contributed by atoms with Crippen molar-refractivity contribution in [2.75, 3.05) is 6.26 Å². The zero-order valence-corrected chi connectivity index (χ0v) is 15.7. The van der Waals surface area contributed by atoms with Gasteiger partial charge >= 0.3 is 6.18 Å². The maximum Gasteiger partial charge on any atom is 0.416 e. The van der Waals surface area contributed by atoms with Crippen molar-refractivity contribution >= 4 is 21.2 Å². The Morgan fingerprint density at radius 2 is 1.78 bits per heavy atom. The Balaban J connectivity index is 1.97. The first-order valence-electron chi connectivity index (χ1n) is 7.67. The average molecular weight is 413 g/mol. The van der Waals surface area contributed by atoms with Gasteiger partial charge in [0, 0.05) is 17.8 Å². The highest BCUT2D eigenvalue weighted by atomic mass is 32.2. The summed E-state index contributed by atoms with van der Waals surface area (Å²) in [6.07, 6.45) is -1.89. The van der Waals surface area contributed by atoms with Gasteiger partial charge in [0.25, 0.3) is 0 Å². The van der Waals surface area contributed by atoms with E-state index in [-0.39, 0.29) is 22.8 Å². The maximum absolute atomic E-state index is 13.3. The first-order chi connectivity index (χ1) is 12.6. The van der Waals surface area contributed by atoms with Gasteiger partial charge < -0.3 is 4.74 Å². The predicted octanol–water partition coefficient (Wildman–Crippen LogP) is 4.81. The molecule has 0 aliphatic rings. The van der Waals surface area contributed by atoms with Gasteiger partial charge in [0.15, 0.2) is 9.84 Å². The zero-order valence-electron chi connectivity index (χ0n) is 14.0. The van der Waals surface area contributed by atoms with Gasteiger partial charge in [0.05, 0.1) is 10.5 Å². The molecule has 0 unspecified atom stereocenters. The van der Waals surface area contributed by atoms with Crippen LogP contribution < -0.4 is 4.74 Å². The van der Waals surface area contributed by atoms with Crippen LogP contribution in [0.3, 0.4) is 0 Å². The largest absolute Gasteiger partial charge is 0.486 e. The Hall–Kier alpha value is -2.39. The van der Waals surface area contributed by atoms with Crippen molar-refractivity contribution in [3.63, 3.8) is 0 Å². The van der Waals surface area contributed by atoms with Crippen molar-refractivity contribution in [2.24, 2.45) is 0 Å². The number of rotatable bonds is 5. The summed E-state index contributed by atoms with van der Waals surface area (Å²) in [6, 6.07) is 9.08. The topological polar surface area (TPSA) is 56.3 Å². The average Bonchev–Trinajstić information content (AvgIpc) is 3.12. The van der Waals surface area contributed by atoms with Gasteiger partial charge in [0.2, 0.25) is 0 Å². The molecule has 1 aromatic heterocycles. The minimum absolute atomic E-state index is 0.0576. The van der Waals surface area contributed by atoms with E-state index in [2.05, 4.69) is 4.98 Å². The number of ether oxygens (including phenoxy) is 1. The van der Waals surface area contributed by atoms with Crippen molar-refractivity contribution in [3.8, 4) is 16.9 Å². The second-order valence-corrected chi connectivity index (χ2v) is 8.75. The molecule has 0 amide bonds. The maximum atomic E-state index is 13.3. The summed E-state index contributed by atoms with van der Waals surface area (Å²) in [5.41, 5.74) is -0.118. The molecule has 0 bridgehead atoms. The van der Waals surface area contributed by atoms with Crippen LogP contribution >= 0.6 is 11.3 Å². The van der Waals surface area contributed by atoms with Crippen molar-refractivity contribution in [2.45, 2.75) is 17.7 Å². The molecule has 0 saturated heterocycles. The molecule has 27 heavy (non-hydrogen) atoms. The molecule has 0 saturated carbocycles. The smallest absolute Gasteiger partial charge is 0.416 e. The Labute approximate surface area is 158 Å². The van der Waals surface area contributed by atoms with E-state index < -0.39 is 21.6 Å². The van der Waals surface area contributed by atoms with E-state index in [0.717, 1.165) is 18.4 Å². The highest BCUT2D eigenvalue weighted by Gasteiger charge is 2.31. The Bertz CT molecular complexity index is 1030. The fourth-order valence-electron chi connectivity index (χ4n) is 2.38. The van der Waals surface area contributed by atoms with E-state index in [4.69, 9.17) is 4.74 Å². The molecule has 0 radical (unpaired) electrons. The van der Waals surface area contributed by atoms with Crippen LogP contribution in [0.2, 0.25) is 0 Å². The van der Waals surface area contributed by atoms with E-state index in [1.54, 1.807) is 11.6 Å². The van der Waals surface area contributed by atoms with E-state index in [0.29, 0.717) is 10.6 Å². The highest BCUT2D eigenvalue weighted by molar-refractivity contribution is 7.90. The SMILES string of the molecule is CS(=O)(=O)c1ccc(-c2cc(OCc3nccs3)cc(C(F)(F)F)c2)cc1. The summed E-state index contributed by atoms with van der Waals surface area (Å²) in [5, 5.41) is 2.39. The number of sulfone groups is 1. The van der Waals surface area contributed by atoms with Crippen LogP contribution in [-0.4, -0.2) is 19.7 Å². The van der Waals surface area contributed by atoms with Crippen LogP contribution in [0.1, 0.15) is 10.6 Å². The number of halogens is 3. The van der Waals surface area contributed by atoms with Gasteiger partial charge in [0.1, 0.15) is 17.4 Å². The number of thiazole rings is 1. The molecule has 9 heteroatoms. The van der Waals surface area contributed by atoms with Crippen LogP contribution in [0, 0.1) is 0 Å². The molecule has 0 aliphatic heterocycles. The van der Waals surface area contributed by atoms with E-state index >= 15 is 0 Å². The lowest BCUT2D eigenvalue weighted by Gasteiger charge is -2.13. The molecule has 0 aliphatic carbocycles. The summed E-state index contributed by atoms with van der Waals surface area (Å²) in [5.74, 6) is 0.0576. The molecule has 1 heterocycles. The minimum atomic E-state index is -4.54. The van der Waals surface area contributed by atoms with E-state index in [9.17, 15) is 21.6 Å². The van der Waals surface area contributed by atoms with Crippen molar-refractivity contribution in [1.29, 1.82) is 0 Å². The van der Waals surface area contributed by atoms with Crippen molar-refractivity contribution in [3.05, 3.63) is 64.6 Å². The molecule has 3 aromatic rings. The van der Waals surface area contributed by atoms with Gasteiger partial charge in [-0.2, -0.15) is 13.2 Å². The zero-order chi connectivity index (χ0) is 19.7. The molecule has 0 fully saturated rings. The molecule has 3 rings (SSSR count). The number of benzene rings is 2. The van der Waals surface area contributed by atoms with Gasteiger partial charge in [-0.05, 0) is 41.5 Å². The third kappa shape index (κ3) is 4.86. The quantitative estimate of drug-likeness (QED) is 0.602. The Morgan fingerprint density at radius 1 is 1.07 bits per heavy atom. The van der Waals surface area contributed by atoms with Crippen molar-refractivity contribution < 1.29 is 26.3 Å². The van der Waals surface area contributed by atoms with Crippen molar-refractivity contribution in [1.82, 2.24) is 4.98 Å². The summed E-state index contributed by atoms with van der Waals surface area (Å²) in [6.45, 7) is 0.0609. The van der Waals surface area contributed by atoms with Crippen LogP contribution in [0.4, 0.5) is 13.2 Å². The molecule has 0 atom stereocenters. The summed E-state index contributed by atoms with van der Waals surface area (Å²) >= 11 is 1.34. The summed E-state index contributed by atoms with van der Waals surface area (Å²) in [4.78, 5) is 4.13. The number of alkyl halides is 3. The molecule has 0 spiro atoms. The molecule has 4 nitrogen and oxygen atoms in total. The van der Waals surface area contributed by atoms with Crippen LogP contribution in [0.15, 0.2) is 58.9 Å². The van der Waals surface area contributed by atoms with Crippen LogP contribution in [0.25, 0.3) is 11.1 Å². The number of nitrogens with zero attached hydrogens (tertiary/aromatic N) is 1. The number of aromatic nitrogens is 1. The van der Waals surface area contributed by atoms with Gasteiger partial charge in [-0.25, -0.2) is 13.4 Å². The van der Waals surface area contributed by atoms with E-state index in [1.807, 2.05) is 0 Å². The molecule has 2 aromatic carbocycles. The third-order valence-electron chi connectivity index (χ3n) is 3.70. The van der Waals surface area contributed by atoms with Gasteiger partial charge in [-0.3, -0.25) is 0 Å². The standard InChI is InChI=1S/C18H14F3NO3S2/c1-27(23,24)16-4-2-12(3-5-16)13-8-14(18(19,20)21)10-15(9-13)25-11-17-22-6-7-26-17/h2-10H,11H2,1H3. The number of hydrogen-bond donors (Lipinski definition) is 0. The van der Waals surface area contributed by atoms with Gasteiger partial charge in [-0.1, -0.05) is 12.1 Å². The minimum Gasteiger partial charge on any atom is -0.486 e. The van der Waals surface area contributed by atoms with E-state index in [1.165, 1.54) is 41.7 Å². The predicted molar refractivity (Wildman–Crippen MR) is 96.4 cm³/mol. The molecule has 0 N–H and O–H groups in total. The Kier molecular flexibility index (Phi) is 5.25. The fourth-order valence-corrected chi connectivity index (χ4v) is 3.53. The third-order valence-corrected chi connectivity index (χ3v) is 5.58. The first-order valence-corrected chi connectivity index (χ1v) is 10.4. The molecule has 142 valence electrons. The first kappa shape index (κ1) is 19.4. The molecular formula is C18H14F3NO3S2. The lowest BCUT2D eigenvalue weighted by atomic mass is 10.0.